The van der Waals surface area contributed by atoms with Crippen LogP contribution in [0.5, 0.6) is 0 Å². The monoisotopic (exact) mass is 465 g/mol. The van der Waals surface area contributed by atoms with Crippen LogP contribution in [0.3, 0.4) is 0 Å². The number of hydrogen-bond donors (Lipinski definition) is 0. The number of aromatic nitrogens is 3. The van der Waals surface area contributed by atoms with Gasteiger partial charge in [-0.25, -0.2) is 13.4 Å². The largest absolute Gasteiger partial charge is 0.366 e. The highest BCUT2D eigenvalue weighted by Gasteiger charge is 2.30. The highest BCUT2D eigenvalue weighted by Crippen LogP contribution is 2.25. The lowest BCUT2D eigenvalue weighted by molar-refractivity contribution is 0.384. The van der Waals surface area contributed by atoms with Crippen molar-refractivity contribution in [2.45, 2.75) is 4.90 Å². The lowest BCUT2D eigenvalue weighted by Gasteiger charge is -2.35. The number of nitrogens with zero attached hydrogens (tertiary/aromatic N) is 5. The topological polar surface area (TPSA) is 88.4 Å². The minimum atomic E-state index is -3.67. The van der Waals surface area contributed by atoms with Gasteiger partial charge in [0.05, 0.1) is 17.6 Å². The molecule has 0 amide bonds. The fourth-order valence-corrected chi connectivity index (χ4v) is 4.96. The van der Waals surface area contributed by atoms with Crippen LogP contribution in [-0.4, -0.2) is 53.7 Å². The Labute approximate surface area is 183 Å². The Morgan fingerprint density at radius 2 is 1.60 bits per heavy atom. The number of hydrogen-bond acceptors (Lipinski definition) is 6. The van der Waals surface area contributed by atoms with Gasteiger partial charge in [0, 0.05) is 32.4 Å². The first-order chi connectivity index (χ1) is 14.4. The fraction of sp³-hybridized carbons (Fsp3) is 0.211. The third kappa shape index (κ3) is 3.93. The molecule has 1 fully saturated rings. The Bertz CT molecular complexity index is 1210. The lowest BCUT2D eigenvalue weighted by atomic mass is 10.3. The number of halogens is 2. The summed E-state index contributed by atoms with van der Waals surface area (Å²) in [6.07, 6.45) is 2.78. The van der Waals surface area contributed by atoms with E-state index in [1.165, 1.54) is 33.5 Å². The van der Waals surface area contributed by atoms with Gasteiger partial charge >= 0.3 is 0 Å². The van der Waals surface area contributed by atoms with Crippen LogP contribution in [0.4, 0.5) is 5.69 Å². The average molecular weight is 466 g/mol. The summed E-state index contributed by atoms with van der Waals surface area (Å²) in [5, 5.41) is 4.51. The summed E-state index contributed by atoms with van der Waals surface area (Å²) in [4.78, 5) is 18.5. The molecule has 156 valence electrons. The van der Waals surface area contributed by atoms with Gasteiger partial charge in [-0.05, 0) is 24.3 Å². The minimum absolute atomic E-state index is 0.0482. The van der Waals surface area contributed by atoms with Crippen molar-refractivity contribution in [3.63, 3.8) is 0 Å². The molecule has 3 aromatic rings. The van der Waals surface area contributed by atoms with E-state index < -0.39 is 15.6 Å². The summed E-state index contributed by atoms with van der Waals surface area (Å²) in [7, 11) is -3.67. The van der Waals surface area contributed by atoms with E-state index in [0.717, 1.165) is 0 Å². The van der Waals surface area contributed by atoms with E-state index in [1.54, 1.807) is 24.3 Å². The first-order valence-corrected chi connectivity index (χ1v) is 11.3. The zero-order valence-electron chi connectivity index (χ0n) is 15.6. The molecule has 1 saturated heterocycles. The number of sulfonamides is 1. The predicted molar refractivity (Wildman–Crippen MR) is 115 cm³/mol. The summed E-state index contributed by atoms with van der Waals surface area (Å²) < 4.78 is 28.2. The number of para-hydroxylation sites is 1. The van der Waals surface area contributed by atoms with Crippen LogP contribution < -0.4 is 10.5 Å². The number of pyridine rings is 1. The standard InChI is InChI=1S/C19H17Cl2N5O3S/c20-17-7-6-15(12-22-17)30(28,29)25-10-8-24(9-11-25)16-13-23-26(19(27)18(16)21)14-4-2-1-3-5-14/h1-7,12-13H,8-11H2. The van der Waals surface area contributed by atoms with E-state index in [2.05, 4.69) is 10.1 Å². The molecule has 2 aromatic heterocycles. The van der Waals surface area contributed by atoms with E-state index in [0.29, 0.717) is 24.5 Å². The smallest absolute Gasteiger partial charge is 0.292 e. The fourth-order valence-electron chi connectivity index (χ4n) is 3.23. The zero-order chi connectivity index (χ0) is 21.3. The molecule has 8 nitrogen and oxygen atoms in total. The quantitative estimate of drug-likeness (QED) is 0.549. The second kappa shape index (κ2) is 8.35. The second-order valence-electron chi connectivity index (χ2n) is 6.60. The number of benzene rings is 1. The van der Waals surface area contributed by atoms with E-state index in [1.807, 2.05) is 11.0 Å². The zero-order valence-corrected chi connectivity index (χ0v) is 18.0. The van der Waals surface area contributed by atoms with Crippen molar-refractivity contribution in [2.24, 2.45) is 0 Å². The summed E-state index contributed by atoms with van der Waals surface area (Å²) >= 11 is 12.1. The highest BCUT2D eigenvalue weighted by atomic mass is 35.5. The molecule has 0 unspecified atom stereocenters. The maximum atomic E-state index is 12.8. The normalized spacial score (nSPS) is 15.3. The number of anilines is 1. The number of rotatable bonds is 4. The van der Waals surface area contributed by atoms with Crippen LogP contribution in [0.2, 0.25) is 10.2 Å². The van der Waals surface area contributed by atoms with Crippen molar-refractivity contribution >= 4 is 38.9 Å². The van der Waals surface area contributed by atoms with E-state index in [4.69, 9.17) is 23.2 Å². The Morgan fingerprint density at radius 1 is 0.900 bits per heavy atom. The molecule has 0 radical (unpaired) electrons. The van der Waals surface area contributed by atoms with Crippen molar-refractivity contribution < 1.29 is 8.42 Å². The highest BCUT2D eigenvalue weighted by molar-refractivity contribution is 7.89. The van der Waals surface area contributed by atoms with Crippen LogP contribution >= 0.6 is 23.2 Å². The van der Waals surface area contributed by atoms with Gasteiger partial charge in [0.15, 0.2) is 0 Å². The molecule has 0 aliphatic carbocycles. The maximum Gasteiger partial charge on any atom is 0.292 e. The maximum absolute atomic E-state index is 12.8. The Kier molecular flexibility index (Phi) is 5.79. The van der Waals surface area contributed by atoms with Crippen LogP contribution in [0.25, 0.3) is 5.69 Å². The Hall–Kier alpha value is -2.46. The van der Waals surface area contributed by atoms with E-state index in [-0.39, 0.29) is 28.2 Å². The average Bonchev–Trinajstić information content (AvgIpc) is 2.77. The predicted octanol–water partition coefficient (Wildman–Crippen LogP) is 2.45. The van der Waals surface area contributed by atoms with Crippen molar-refractivity contribution in [3.8, 4) is 5.69 Å². The van der Waals surface area contributed by atoms with Crippen LogP contribution in [-0.2, 0) is 10.0 Å². The Balaban J connectivity index is 1.52. The van der Waals surface area contributed by atoms with Crippen LogP contribution in [0, 0.1) is 0 Å². The van der Waals surface area contributed by atoms with Crippen LogP contribution in [0.15, 0.2) is 64.5 Å². The molecule has 0 atom stereocenters. The molecular formula is C19H17Cl2N5O3S. The van der Waals surface area contributed by atoms with E-state index >= 15 is 0 Å². The molecule has 0 N–H and O–H groups in total. The van der Waals surface area contributed by atoms with Gasteiger partial charge in [0.25, 0.3) is 5.56 Å². The summed E-state index contributed by atoms with van der Waals surface area (Å²) in [6, 6.07) is 11.9. The van der Waals surface area contributed by atoms with Gasteiger partial charge in [-0.3, -0.25) is 4.79 Å². The van der Waals surface area contributed by atoms with Gasteiger partial charge in [-0.15, -0.1) is 0 Å². The van der Waals surface area contributed by atoms with Crippen LogP contribution in [0.1, 0.15) is 0 Å². The first-order valence-electron chi connectivity index (χ1n) is 9.08. The molecule has 0 bridgehead atoms. The van der Waals surface area contributed by atoms with E-state index in [9.17, 15) is 13.2 Å². The van der Waals surface area contributed by atoms with Gasteiger partial charge in [0.1, 0.15) is 15.1 Å². The van der Waals surface area contributed by atoms with Gasteiger partial charge in [-0.1, -0.05) is 41.4 Å². The third-order valence-corrected chi connectivity index (χ3v) is 7.28. The van der Waals surface area contributed by atoms with Crippen molar-refractivity contribution in [1.29, 1.82) is 0 Å². The molecular weight excluding hydrogens is 449 g/mol. The summed E-state index contributed by atoms with van der Waals surface area (Å²) in [6.45, 7) is 1.22. The van der Waals surface area contributed by atoms with Crippen molar-refractivity contribution in [3.05, 3.63) is 75.4 Å². The summed E-state index contributed by atoms with van der Waals surface area (Å²) in [5.41, 5.74) is 0.671. The molecule has 0 spiro atoms. The SMILES string of the molecule is O=c1c(Cl)c(N2CCN(S(=O)(=O)c3ccc(Cl)nc3)CC2)cnn1-c1ccccc1. The first kappa shape index (κ1) is 20.8. The minimum Gasteiger partial charge on any atom is -0.366 e. The molecule has 1 aliphatic rings. The molecule has 3 heterocycles. The van der Waals surface area contributed by atoms with Gasteiger partial charge in [-0.2, -0.15) is 14.1 Å². The van der Waals surface area contributed by atoms with Crippen molar-refractivity contribution in [2.75, 3.05) is 31.1 Å². The molecule has 11 heteroatoms. The Morgan fingerprint density at radius 3 is 2.23 bits per heavy atom. The lowest BCUT2D eigenvalue weighted by Crippen LogP contribution is -2.49. The summed E-state index contributed by atoms with van der Waals surface area (Å²) in [5.74, 6) is 0. The number of piperazine rings is 1. The molecule has 0 saturated carbocycles. The molecule has 30 heavy (non-hydrogen) atoms. The molecule has 4 rings (SSSR count). The van der Waals surface area contributed by atoms with Gasteiger partial charge in [0.2, 0.25) is 10.0 Å². The molecule has 1 aliphatic heterocycles. The second-order valence-corrected chi connectivity index (χ2v) is 9.31. The van der Waals surface area contributed by atoms with Crippen molar-refractivity contribution in [1.82, 2.24) is 19.1 Å². The van der Waals surface area contributed by atoms with Gasteiger partial charge < -0.3 is 4.90 Å². The third-order valence-electron chi connectivity index (χ3n) is 4.82. The molecule has 1 aromatic carbocycles.